The molecular formula is C29H32N2O4. The number of nitrogens with zero attached hydrogens (tertiary/aromatic N) is 1. The van der Waals surface area contributed by atoms with Crippen LogP contribution in [0.4, 0.5) is 0 Å². The SMILES string of the molecule is COc1ccc(C(C(=O)NCc2ccccc2)N(C(=O)[C@H](C)Cc2ccc(O)cc2)C2CC2)cc1. The number of carbonyl (C=O) groups is 2. The summed E-state index contributed by atoms with van der Waals surface area (Å²) in [5, 5.41) is 12.6. The van der Waals surface area contributed by atoms with Gasteiger partial charge in [-0.15, -0.1) is 0 Å². The first-order chi connectivity index (χ1) is 17.0. The standard InChI is InChI=1S/C29H32N2O4/c1-20(18-21-8-14-25(32)15-9-21)29(34)31(24-12-13-24)27(23-10-16-26(35-2)17-11-23)28(33)30-19-22-6-4-3-5-7-22/h3-11,14-17,20,24,27,32H,12-13,18-19H2,1-2H3,(H,30,33)/t20-,27?/m1/s1. The van der Waals surface area contributed by atoms with Crippen LogP contribution in [0.1, 0.15) is 42.5 Å². The minimum atomic E-state index is -0.730. The van der Waals surface area contributed by atoms with Gasteiger partial charge in [-0.05, 0) is 60.2 Å². The van der Waals surface area contributed by atoms with Gasteiger partial charge in [-0.25, -0.2) is 0 Å². The number of aromatic hydroxyl groups is 1. The molecule has 1 saturated carbocycles. The topological polar surface area (TPSA) is 78.9 Å². The zero-order chi connectivity index (χ0) is 24.8. The second-order valence-corrected chi connectivity index (χ2v) is 9.13. The third kappa shape index (κ3) is 6.21. The molecule has 6 heteroatoms. The number of carbonyl (C=O) groups excluding carboxylic acids is 2. The molecule has 0 spiro atoms. The first kappa shape index (κ1) is 24.3. The Bertz CT molecular complexity index is 1130. The Labute approximate surface area is 206 Å². The van der Waals surface area contributed by atoms with Gasteiger partial charge in [0.05, 0.1) is 7.11 Å². The summed E-state index contributed by atoms with van der Waals surface area (Å²) >= 11 is 0. The number of hydrogen-bond donors (Lipinski definition) is 2. The first-order valence-electron chi connectivity index (χ1n) is 12.0. The van der Waals surface area contributed by atoms with E-state index in [0.717, 1.165) is 29.5 Å². The van der Waals surface area contributed by atoms with Gasteiger partial charge in [0, 0.05) is 18.5 Å². The van der Waals surface area contributed by atoms with E-state index < -0.39 is 6.04 Å². The van der Waals surface area contributed by atoms with Crippen molar-refractivity contribution in [2.24, 2.45) is 5.92 Å². The Balaban J connectivity index is 1.59. The van der Waals surface area contributed by atoms with E-state index in [1.165, 1.54) is 0 Å². The first-order valence-corrected chi connectivity index (χ1v) is 12.0. The highest BCUT2D eigenvalue weighted by Crippen LogP contribution is 2.37. The minimum Gasteiger partial charge on any atom is -0.508 e. The summed E-state index contributed by atoms with van der Waals surface area (Å²) in [7, 11) is 1.60. The van der Waals surface area contributed by atoms with E-state index in [2.05, 4.69) is 5.32 Å². The van der Waals surface area contributed by atoms with Crippen LogP contribution in [-0.2, 0) is 22.6 Å². The minimum absolute atomic E-state index is 0.0411. The van der Waals surface area contributed by atoms with Crippen molar-refractivity contribution in [2.75, 3.05) is 7.11 Å². The number of phenols is 1. The van der Waals surface area contributed by atoms with Gasteiger partial charge in [0.1, 0.15) is 17.5 Å². The Morgan fingerprint density at radius 3 is 2.23 bits per heavy atom. The average Bonchev–Trinajstić information content (AvgIpc) is 3.72. The normalized spacial score (nSPS) is 14.6. The monoisotopic (exact) mass is 472 g/mol. The summed E-state index contributed by atoms with van der Waals surface area (Å²) in [6.07, 6.45) is 2.30. The number of nitrogens with one attached hydrogen (secondary N) is 1. The van der Waals surface area contributed by atoms with Crippen molar-refractivity contribution < 1.29 is 19.4 Å². The van der Waals surface area contributed by atoms with Gasteiger partial charge >= 0.3 is 0 Å². The molecule has 2 atom stereocenters. The van der Waals surface area contributed by atoms with Crippen molar-refractivity contribution in [2.45, 2.75) is 44.8 Å². The van der Waals surface area contributed by atoms with Gasteiger partial charge in [0.25, 0.3) is 0 Å². The van der Waals surface area contributed by atoms with Gasteiger partial charge in [0.15, 0.2) is 0 Å². The van der Waals surface area contributed by atoms with Crippen LogP contribution >= 0.6 is 0 Å². The molecular weight excluding hydrogens is 440 g/mol. The third-order valence-corrected chi connectivity index (χ3v) is 6.36. The van der Waals surface area contributed by atoms with Crippen molar-refractivity contribution in [3.8, 4) is 11.5 Å². The summed E-state index contributed by atoms with van der Waals surface area (Å²) in [6, 6.07) is 23.3. The van der Waals surface area contributed by atoms with Crippen molar-refractivity contribution >= 4 is 11.8 Å². The number of rotatable bonds is 10. The van der Waals surface area contributed by atoms with Crippen molar-refractivity contribution in [3.63, 3.8) is 0 Å². The Hall–Kier alpha value is -3.80. The van der Waals surface area contributed by atoms with E-state index in [0.29, 0.717) is 18.7 Å². The Kier molecular flexibility index (Phi) is 7.70. The van der Waals surface area contributed by atoms with E-state index in [1.54, 1.807) is 24.1 Å². The quantitative estimate of drug-likeness (QED) is 0.451. The van der Waals surface area contributed by atoms with Crippen LogP contribution in [0.25, 0.3) is 0 Å². The Morgan fingerprint density at radius 2 is 1.63 bits per heavy atom. The highest BCUT2D eigenvalue weighted by atomic mass is 16.5. The molecule has 0 radical (unpaired) electrons. The predicted molar refractivity (Wildman–Crippen MR) is 135 cm³/mol. The zero-order valence-electron chi connectivity index (χ0n) is 20.2. The summed E-state index contributed by atoms with van der Waals surface area (Å²) in [5.74, 6) is 0.333. The van der Waals surface area contributed by atoms with Gasteiger partial charge in [-0.3, -0.25) is 9.59 Å². The molecule has 0 heterocycles. The van der Waals surface area contributed by atoms with E-state index in [4.69, 9.17) is 4.74 Å². The molecule has 0 saturated heterocycles. The van der Waals surface area contributed by atoms with Gasteiger partial charge < -0.3 is 20.1 Å². The van der Waals surface area contributed by atoms with Gasteiger partial charge in [-0.1, -0.05) is 61.5 Å². The van der Waals surface area contributed by atoms with Crippen LogP contribution in [0.2, 0.25) is 0 Å². The van der Waals surface area contributed by atoms with Crippen LogP contribution in [0.5, 0.6) is 11.5 Å². The molecule has 6 nitrogen and oxygen atoms in total. The molecule has 0 bridgehead atoms. The maximum Gasteiger partial charge on any atom is 0.247 e. The highest BCUT2D eigenvalue weighted by molar-refractivity contribution is 5.90. The molecule has 2 amide bonds. The van der Waals surface area contributed by atoms with E-state index >= 15 is 0 Å². The summed E-state index contributed by atoms with van der Waals surface area (Å²) in [4.78, 5) is 29.2. The van der Waals surface area contributed by atoms with E-state index in [9.17, 15) is 14.7 Å². The Morgan fingerprint density at radius 1 is 0.971 bits per heavy atom. The van der Waals surface area contributed by atoms with E-state index in [1.807, 2.05) is 73.7 Å². The summed E-state index contributed by atoms with van der Waals surface area (Å²) < 4.78 is 5.30. The molecule has 3 aromatic carbocycles. The fourth-order valence-electron chi connectivity index (χ4n) is 4.30. The molecule has 4 rings (SSSR count). The molecule has 0 aromatic heterocycles. The number of hydrogen-bond acceptors (Lipinski definition) is 4. The van der Waals surface area contributed by atoms with Crippen LogP contribution in [0.3, 0.4) is 0 Å². The molecule has 1 unspecified atom stereocenters. The van der Waals surface area contributed by atoms with E-state index in [-0.39, 0.29) is 29.5 Å². The molecule has 1 aliphatic rings. The largest absolute Gasteiger partial charge is 0.508 e. The molecule has 3 aromatic rings. The highest BCUT2D eigenvalue weighted by Gasteiger charge is 2.42. The fraction of sp³-hybridized carbons (Fsp3) is 0.310. The van der Waals surface area contributed by atoms with Crippen molar-refractivity contribution in [3.05, 3.63) is 95.6 Å². The van der Waals surface area contributed by atoms with Crippen LogP contribution in [0.15, 0.2) is 78.9 Å². The molecule has 182 valence electrons. The number of methoxy groups -OCH3 is 1. The lowest BCUT2D eigenvalue weighted by Crippen LogP contribution is -2.47. The average molecular weight is 473 g/mol. The fourth-order valence-corrected chi connectivity index (χ4v) is 4.30. The summed E-state index contributed by atoms with van der Waals surface area (Å²) in [6.45, 7) is 2.29. The number of amides is 2. The lowest BCUT2D eigenvalue weighted by molar-refractivity contribution is -0.144. The molecule has 0 aliphatic heterocycles. The van der Waals surface area contributed by atoms with Crippen LogP contribution in [-0.4, -0.2) is 35.0 Å². The van der Waals surface area contributed by atoms with Gasteiger partial charge in [-0.2, -0.15) is 0 Å². The van der Waals surface area contributed by atoms with Crippen molar-refractivity contribution in [1.82, 2.24) is 10.2 Å². The zero-order valence-corrected chi connectivity index (χ0v) is 20.2. The molecule has 2 N–H and O–H groups in total. The third-order valence-electron chi connectivity index (χ3n) is 6.36. The smallest absolute Gasteiger partial charge is 0.247 e. The van der Waals surface area contributed by atoms with Crippen LogP contribution < -0.4 is 10.1 Å². The summed E-state index contributed by atoms with van der Waals surface area (Å²) in [5.41, 5.74) is 2.72. The predicted octanol–water partition coefficient (Wildman–Crippen LogP) is 4.63. The maximum atomic E-state index is 13.8. The number of ether oxygens (including phenoxy) is 1. The second-order valence-electron chi connectivity index (χ2n) is 9.13. The number of benzene rings is 3. The van der Waals surface area contributed by atoms with Gasteiger partial charge in [0.2, 0.25) is 11.8 Å². The van der Waals surface area contributed by atoms with Crippen LogP contribution in [0, 0.1) is 5.92 Å². The number of phenolic OH excluding ortho intramolecular Hbond substituents is 1. The van der Waals surface area contributed by atoms with Crippen molar-refractivity contribution in [1.29, 1.82) is 0 Å². The second kappa shape index (κ2) is 11.1. The maximum absolute atomic E-state index is 13.8. The molecule has 1 fully saturated rings. The lowest BCUT2D eigenvalue weighted by Gasteiger charge is -2.33. The lowest BCUT2D eigenvalue weighted by atomic mass is 9.96. The molecule has 35 heavy (non-hydrogen) atoms. The molecule has 1 aliphatic carbocycles.